The zero-order valence-electron chi connectivity index (χ0n) is 6.27. The molecule has 1 atom stereocenters. The van der Waals surface area contributed by atoms with E-state index in [4.69, 9.17) is 5.73 Å². The minimum absolute atomic E-state index is 0.0886. The Morgan fingerprint density at radius 2 is 2.22 bits per heavy atom. The summed E-state index contributed by atoms with van der Waals surface area (Å²) in [5.41, 5.74) is 5.55. The molecule has 0 aromatic carbocycles. The molecule has 0 spiro atoms. The van der Waals surface area contributed by atoms with Crippen molar-refractivity contribution in [1.29, 1.82) is 0 Å². The lowest BCUT2D eigenvalue weighted by atomic mass is 10.4. The molecule has 0 fully saturated rings. The minimum atomic E-state index is -0.896. The molecule has 2 nitrogen and oxygen atoms in total. The summed E-state index contributed by atoms with van der Waals surface area (Å²) in [6.07, 6.45) is 1.06. The molecule has 3 heteroatoms. The second-order valence-corrected chi connectivity index (χ2v) is 5.20. The quantitative estimate of drug-likeness (QED) is 0.600. The Morgan fingerprint density at radius 1 is 1.78 bits per heavy atom. The van der Waals surface area contributed by atoms with E-state index in [0.29, 0.717) is 5.54 Å². The average Bonchev–Trinajstić information content (AvgIpc) is 1.84. The van der Waals surface area contributed by atoms with Crippen LogP contribution in [-0.4, -0.2) is 14.3 Å². The lowest BCUT2D eigenvalue weighted by Gasteiger charge is -2.10. The van der Waals surface area contributed by atoms with Gasteiger partial charge in [-0.1, -0.05) is 26.8 Å². The van der Waals surface area contributed by atoms with E-state index in [0.717, 1.165) is 6.42 Å². The van der Waals surface area contributed by atoms with Crippen LogP contribution in [0.5, 0.6) is 0 Å². The second-order valence-electron chi connectivity index (χ2n) is 2.36. The molecule has 2 N–H and O–H groups in total. The molecular formula is C6H14NOSi. The summed E-state index contributed by atoms with van der Waals surface area (Å²) >= 11 is 0. The van der Waals surface area contributed by atoms with Gasteiger partial charge in [-0.05, 0) is 5.54 Å². The van der Waals surface area contributed by atoms with E-state index < -0.39 is 8.80 Å². The lowest BCUT2D eigenvalue weighted by Crippen LogP contribution is -2.31. The van der Waals surface area contributed by atoms with Crippen LogP contribution < -0.4 is 5.73 Å². The highest BCUT2D eigenvalue weighted by molar-refractivity contribution is 6.89. The van der Waals surface area contributed by atoms with Gasteiger partial charge in [-0.15, -0.1) is 0 Å². The lowest BCUT2D eigenvalue weighted by molar-refractivity contribution is 0.265. The standard InChI is InChI=1S/C6H14NOSi/c1-4-5(2)9(3)6(7)8/h5H,4H2,1-3H3,(H2,7,8). The summed E-state index contributed by atoms with van der Waals surface area (Å²) in [5.74, 6) is 0. The van der Waals surface area contributed by atoms with Crippen molar-refractivity contribution in [3.8, 4) is 0 Å². The second kappa shape index (κ2) is 3.66. The first-order valence-electron chi connectivity index (χ1n) is 3.22. The van der Waals surface area contributed by atoms with Gasteiger partial charge in [0.25, 0.3) is 0 Å². The Labute approximate surface area is 58.0 Å². The zero-order chi connectivity index (χ0) is 7.44. The van der Waals surface area contributed by atoms with Crippen LogP contribution in [0.3, 0.4) is 0 Å². The maximum Gasteiger partial charge on any atom is 0.187 e. The highest BCUT2D eigenvalue weighted by atomic mass is 28.3. The van der Waals surface area contributed by atoms with Crippen LogP contribution >= 0.6 is 0 Å². The van der Waals surface area contributed by atoms with Gasteiger partial charge in [0.05, 0.1) is 0 Å². The van der Waals surface area contributed by atoms with E-state index in [1.165, 1.54) is 0 Å². The minimum Gasteiger partial charge on any atom is -0.374 e. The Kier molecular flexibility index (Phi) is 3.54. The summed E-state index contributed by atoms with van der Waals surface area (Å²) < 4.78 is 0. The molecule has 53 valence electrons. The summed E-state index contributed by atoms with van der Waals surface area (Å²) in [4.78, 5) is 10.6. The first-order chi connectivity index (χ1) is 4.09. The van der Waals surface area contributed by atoms with Crippen molar-refractivity contribution in [2.75, 3.05) is 0 Å². The number of hydrogen-bond donors (Lipinski definition) is 1. The fraction of sp³-hybridized carbons (Fsp3) is 0.833. The van der Waals surface area contributed by atoms with Crippen molar-refractivity contribution in [3.63, 3.8) is 0 Å². The van der Waals surface area contributed by atoms with Crippen molar-refractivity contribution in [1.82, 2.24) is 0 Å². The van der Waals surface area contributed by atoms with Gasteiger partial charge in [0.1, 0.15) is 0 Å². The first-order valence-corrected chi connectivity index (χ1v) is 5.30. The predicted octanol–water partition coefficient (Wildman–Crippen LogP) is 1.57. The summed E-state index contributed by atoms with van der Waals surface area (Å²) in [6.45, 7) is 6.14. The van der Waals surface area contributed by atoms with Gasteiger partial charge in [-0.2, -0.15) is 0 Å². The molecule has 1 amide bonds. The van der Waals surface area contributed by atoms with Crippen LogP contribution in [0, 0.1) is 0 Å². The molecule has 1 unspecified atom stereocenters. The number of hydrogen-bond acceptors (Lipinski definition) is 1. The molecule has 0 heterocycles. The van der Waals surface area contributed by atoms with E-state index in [1.54, 1.807) is 0 Å². The average molecular weight is 144 g/mol. The SMILES string of the molecule is CCC(C)[Si](C)C(N)=O. The van der Waals surface area contributed by atoms with Crippen molar-refractivity contribution >= 4 is 14.3 Å². The number of primary amides is 1. The maximum absolute atomic E-state index is 10.6. The van der Waals surface area contributed by atoms with Crippen LogP contribution in [0.1, 0.15) is 20.3 Å². The summed E-state index contributed by atoms with van der Waals surface area (Å²) in [6, 6.07) is 0. The molecule has 0 bridgehead atoms. The molecule has 0 aromatic heterocycles. The van der Waals surface area contributed by atoms with Gasteiger partial charge < -0.3 is 5.73 Å². The maximum atomic E-state index is 10.6. The fourth-order valence-electron chi connectivity index (χ4n) is 0.549. The molecule has 1 radical (unpaired) electrons. The number of carbonyl (C=O) groups is 1. The van der Waals surface area contributed by atoms with Crippen molar-refractivity contribution in [2.45, 2.75) is 32.4 Å². The van der Waals surface area contributed by atoms with Crippen LogP contribution in [-0.2, 0) is 0 Å². The van der Waals surface area contributed by atoms with E-state index >= 15 is 0 Å². The molecule has 0 saturated carbocycles. The Bertz CT molecular complexity index is 105. The van der Waals surface area contributed by atoms with Gasteiger partial charge in [0.15, 0.2) is 14.3 Å². The number of rotatable bonds is 3. The van der Waals surface area contributed by atoms with Gasteiger partial charge >= 0.3 is 0 Å². The van der Waals surface area contributed by atoms with Crippen LogP contribution in [0.15, 0.2) is 0 Å². The van der Waals surface area contributed by atoms with E-state index in [1.807, 2.05) is 6.55 Å². The van der Waals surface area contributed by atoms with Crippen molar-refractivity contribution in [3.05, 3.63) is 0 Å². The van der Waals surface area contributed by atoms with Gasteiger partial charge in [0.2, 0.25) is 0 Å². The third-order valence-electron chi connectivity index (χ3n) is 1.74. The topological polar surface area (TPSA) is 43.1 Å². The van der Waals surface area contributed by atoms with Crippen LogP contribution in [0.4, 0.5) is 4.79 Å². The predicted molar refractivity (Wildman–Crippen MR) is 40.9 cm³/mol. The van der Waals surface area contributed by atoms with E-state index in [9.17, 15) is 4.79 Å². The smallest absolute Gasteiger partial charge is 0.187 e. The molecule has 0 aliphatic carbocycles. The number of nitrogens with two attached hydrogens (primary N) is 1. The van der Waals surface area contributed by atoms with Gasteiger partial charge in [-0.3, -0.25) is 4.79 Å². The normalized spacial score (nSPS) is 13.8. The molecule has 0 rings (SSSR count). The van der Waals surface area contributed by atoms with E-state index in [-0.39, 0.29) is 5.53 Å². The summed E-state index contributed by atoms with van der Waals surface area (Å²) in [7, 11) is -0.896. The third-order valence-corrected chi connectivity index (χ3v) is 4.40. The fourth-order valence-corrected chi connectivity index (χ4v) is 1.65. The first kappa shape index (κ1) is 8.69. The zero-order valence-corrected chi connectivity index (χ0v) is 7.27. The third kappa shape index (κ3) is 2.65. The van der Waals surface area contributed by atoms with Crippen molar-refractivity contribution < 1.29 is 4.79 Å². The molecule has 0 saturated heterocycles. The number of carbonyl (C=O) groups excluding carboxylic acids is 1. The molecule has 0 aliphatic heterocycles. The van der Waals surface area contributed by atoms with Crippen LogP contribution in [0.2, 0.25) is 12.1 Å². The molecule has 0 aliphatic rings. The summed E-state index contributed by atoms with van der Waals surface area (Å²) in [5, 5.41) is 0. The van der Waals surface area contributed by atoms with Crippen LogP contribution in [0.25, 0.3) is 0 Å². The van der Waals surface area contributed by atoms with Gasteiger partial charge in [-0.25, -0.2) is 0 Å². The molecule has 9 heavy (non-hydrogen) atoms. The van der Waals surface area contributed by atoms with Gasteiger partial charge in [0, 0.05) is 0 Å². The Hall–Kier alpha value is -0.313. The molecular weight excluding hydrogens is 130 g/mol. The Morgan fingerprint density at radius 3 is 2.33 bits per heavy atom. The number of amides is 1. The monoisotopic (exact) mass is 144 g/mol. The van der Waals surface area contributed by atoms with E-state index in [2.05, 4.69) is 13.8 Å². The highest BCUT2D eigenvalue weighted by Gasteiger charge is 2.17. The largest absolute Gasteiger partial charge is 0.374 e. The molecule has 0 aromatic rings. The highest BCUT2D eigenvalue weighted by Crippen LogP contribution is 2.12. The van der Waals surface area contributed by atoms with Crippen molar-refractivity contribution in [2.24, 2.45) is 5.73 Å². The Balaban J connectivity index is 3.72.